The lowest BCUT2D eigenvalue weighted by Crippen LogP contribution is -1.79. The average molecular weight is 99.1 g/mol. The van der Waals surface area contributed by atoms with Crippen LogP contribution in [0.4, 0.5) is 0 Å². The van der Waals surface area contributed by atoms with Crippen molar-refractivity contribution in [3.05, 3.63) is 12.2 Å². The van der Waals surface area contributed by atoms with E-state index in [1.807, 2.05) is 6.92 Å². The molecule has 3 heteroatoms. The van der Waals surface area contributed by atoms with Crippen molar-refractivity contribution in [1.82, 2.24) is 15.2 Å². The summed E-state index contributed by atoms with van der Waals surface area (Å²) in [6.07, 6.45) is 2.44. The highest BCUT2D eigenvalue weighted by molar-refractivity contribution is 4.76. The first-order valence-corrected chi connectivity index (χ1v) is 2.27. The normalized spacial score (nSPS) is 9.29. The fourth-order valence-electron chi connectivity index (χ4n) is 0.401. The monoisotopic (exact) mass is 99.1 g/mol. The van der Waals surface area contributed by atoms with Crippen LogP contribution in [0.3, 0.4) is 0 Å². The van der Waals surface area contributed by atoms with Gasteiger partial charge in [-0.05, 0) is 0 Å². The van der Waals surface area contributed by atoms with E-state index in [2.05, 4.69) is 15.2 Å². The van der Waals surface area contributed by atoms with Crippen LogP contribution in [-0.2, 0) is 6.42 Å². The quantitative estimate of drug-likeness (QED) is 0.560. The van der Waals surface area contributed by atoms with Crippen molar-refractivity contribution in [2.75, 3.05) is 0 Å². The molecule has 40 valence electrons. The molecule has 0 aliphatic heterocycles. The van der Waals surface area contributed by atoms with Gasteiger partial charge in [0.2, 0.25) is 0 Å². The largest absolute Gasteiger partial charge is 0.263 e. The minimum Gasteiger partial charge on any atom is -0.263 e. The first kappa shape index (κ1) is 4.30. The highest BCUT2D eigenvalue weighted by Crippen LogP contribution is 1.82. The highest BCUT2D eigenvalue weighted by atomic mass is 15.2. The number of aromatic nitrogens is 3. The molecule has 1 N–H and O–H groups in total. The van der Waals surface area contributed by atoms with Crippen molar-refractivity contribution in [3.8, 4) is 0 Å². The number of aromatic amines is 1. The summed E-state index contributed by atoms with van der Waals surface area (Å²) in [4.78, 5) is 3.87. The zero-order valence-electron chi connectivity index (χ0n) is 4.18. The summed E-state index contributed by atoms with van der Waals surface area (Å²) >= 11 is 0. The van der Waals surface area contributed by atoms with Gasteiger partial charge in [0.1, 0.15) is 12.2 Å². The first-order chi connectivity index (χ1) is 3.43. The standard InChI is InChI=1S/C4H7N3.H2/c1-2-4-5-3-6-7-4;/h3H,2H2,1H3,(H,5,6,7);1H. The van der Waals surface area contributed by atoms with Gasteiger partial charge in [0, 0.05) is 7.85 Å². The molecule has 0 bridgehead atoms. The van der Waals surface area contributed by atoms with E-state index in [0.29, 0.717) is 0 Å². The summed E-state index contributed by atoms with van der Waals surface area (Å²) in [6.45, 7) is 2.03. The summed E-state index contributed by atoms with van der Waals surface area (Å²) in [6, 6.07) is 0. The summed E-state index contributed by atoms with van der Waals surface area (Å²) < 4.78 is 0. The fraction of sp³-hybridized carbons (Fsp3) is 0.500. The average Bonchev–Trinajstić information content (AvgIpc) is 2.14. The van der Waals surface area contributed by atoms with E-state index in [1.165, 1.54) is 6.33 Å². The number of nitrogens with one attached hydrogen (secondary N) is 1. The molecule has 0 amide bonds. The van der Waals surface area contributed by atoms with Crippen LogP contribution in [0.1, 0.15) is 14.2 Å². The number of hydrogen-bond acceptors (Lipinski definition) is 2. The van der Waals surface area contributed by atoms with Crippen LogP contribution >= 0.6 is 0 Å². The second kappa shape index (κ2) is 1.73. The van der Waals surface area contributed by atoms with Crippen LogP contribution in [0.2, 0.25) is 0 Å². The molecule has 0 atom stereocenters. The Labute approximate surface area is 43.3 Å². The molecular formula is C4H9N3. The number of hydrogen-bond donors (Lipinski definition) is 1. The third kappa shape index (κ3) is 0.765. The molecule has 0 unspecified atom stereocenters. The van der Waals surface area contributed by atoms with E-state index >= 15 is 0 Å². The maximum atomic E-state index is 3.87. The van der Waals surface area contributed by atoms with Crippen molar-refractivity contribution in [2.45, 2.75) is 13.3 Å². The highest BCUT2D eigenvalue weighted by Gasteiger charge is 1.84. The van der Waals surface area contributed by atoms with E-state index in [9.17, 15) is 0 Å². The third-order valence-corrected chi connectivity index (χ3v) is 0.800. The van der Waals surface area contributed by atoms with E-state index in [0.717, 1.165) is 12.2 Å². The van der Waals surface area contributed by atoms with Gasteiger partial charge in [0.25, 0.3) is 0 Å². The van der Waals surface area contributed by atoms with E-state index < -0.39 is 0 Å². The number of aryl methyl sites for hydroxylation is 1. The molecule has 1 aromatic heterocycles. The summed E-state index contributed by atoms with van der Waals surface area (Å²) in [7, 11) is 0. The van der Waals surface area contributed by atoms with Gasteiger partial charge in [-0.1, -0.05) is 6.92 Å². The van der Waals surface area contributed by atoms with Crippen LogP contribution in [0.25, 0.3) is 0 Å². The molecule has 0 aliphatic carbocycles. The smallest absolute Gasteiger partial charge is 0.137 e. The summed E-state index contributed by atoms with van der Waals surface area (Å²) in [5.74, 6) is 0.944. The molecule has 3 nitrogen and oxygen atoms in total. The molecule has 0 saturated carbocycles. The Bertz CT molecular complexity index is 126. The summed E-state index contributed by atoms with van der Waals surface area (Å²) in [5, 5.41) is 6.38. The lowest BCUT2D eigenvalue weighted by molar-refractivity contribution is 0.946. The van der Waals surface area contributed by atoms with Crippen LogP contribution in [0.15, 0.2) is 6.33 Å². The molecule has 0 radical (unpaired) electrons. The topological polar surface area (TPSA) is 41.6 Å². The predicted molar refractivity (Wildman–Crippen MR) is 27.9 cm³/mol. The van der Waals surface area contributed by atoms with Gasteiger partial charge in [0.15, 0.2) is 0 Å². The Morgan fingerprint density at radius 2 is 2.86 bits per heavy atom. The van der Waals surface area contributed by atoms with Crippen molar-refractivity contribution >= 4 is 0 Å². The Kier molecular flexibility index (Phi) is 1.06. The summed E-state index contributed by atoms with van der Waals surface area (Å²) in [5.41, 5.74) is 0. The van der Waals surface area contributed by atoms with Gasteiger partial charge < -0.3 is 0 Å². The van der Waals surface area contributed by atoms with E-state index in [1.54, 1.807) is 0 Å². The third-order valence-electron chi connectivity index (χ3n) is 0.800. The van der Waals surface area contributed by atoms with Crippen LogP contribution in [0.5, 0.6) is 0 Å². The van der Waals surface area contributed by atoms with Crippen molar-refractivity contribution in [3.63, 3.8) is 0 Å². The zero-order valence-corrected chi connectivity index (χ0v) is 4.18. The number of rotatable bonds is 1. The maximum Gasteiger partial charge on any atom is 0.137 e. The SMILES string of the molecule is CCc1ncn[nH]1.[HH]. The molecule has 7 heavy (non-hydrogen) atoms. The van der Waals surface area contributed by atoms with Crippen molar-refractivity contribution in [2.24, 2.45) is 0 Å². The fourth-order valence-corrected chi connectivity index (χ4v) is 0.401. The van der Waals surface area contributed by atoms with Crippen LogP contribution < -0.4 is 0 Å². The molecule has 0 saturated heterocycles. The Hall–Kier alpha value is -0.860. The Morgan fingerprint density at radius 1 is 2.00 bits per heavy atom. The minimum atomic E-state index is 0. The van der Waals surface area contributed by atoms with E-state index in [-0.39, 0.29) is 1.43 Å². The predicted octanol–water partition coefficient (Wildman–Crippen LogP) is 0.613. The Balaban J connectivity index is 0.000000490. The molecule has 1 aromatic rings. The Morgan fingerprint density at radius 3 is 3.14 bits per heavy atom. The molecule has 0 fully saturated rings. The molecule has 0 spiro atoms. The second-order valence-corrected chi connectivity index (χ2v) is 1.29. The number of nitrogens with zero attached hydrogens (tertiary/aromatic N) is 2. The second-order valence-electron chi connectivity index (χ2n) is 1.29. The molecule has 1 rings (SSSR count). The molecule has 1 heterocycles. The van der Waals surface area contributed by atoms with Gasteiger partial charge in [-0.3, -0.25) is 5.10 Å². The molecule has 0 aromatic carbocycles. The lowest BCUT2D eigenvalue weighted by Gasteiger charge is -1.77. The zero-order chi connectivity index (χ0) is 5.11. The van der Waals surface area contributed by atoms with Crippen LogP contribution in [0, 0.1) is 0 Å². The van der Waals surface area contributed by atoms with Crippen molar-refractivity contribution < 1.29 is 1.43 Å². The van der Waals surface area contributed by atoms with Gasteiger partial charge in [-0.15, -0.1) is 0 Å². The van der Waals surface area contributed by atoms with E-state index in [4.69, 9.17) is 0 Å². The maximum absolute atomic E-state index is 3.87. The van der Waals surface area contributed by atoms with Crippen LogP contribution in [-0.4, -0.2) is 15.2 Å². The van der Waals surface area contributed by atoms with Gasteiger partial charge >= 0.3 is 0 Å². The molecule has 0 aliphatic rings. The van der Waals surface area contributed by atoms with Gasteiger partial charge in [0.05, 0.1) is 0 Å². The lowest BCUT2D eigenvalue weighted by atomic mass is 10.5. The van der Waals surface area contributed by atoms with Crippen molar-refractivity contribution in [1.29, 1.82) is 0 Å². The van der Waals surface area contributed by atoms with Gasteiger partial charge in [-0.25, -0.2) is 4.98 Å². The molecular weight excluding hydrogens is 90.1 g/mol. The van der Waals surface area contributed by atoms with Gasteiger partial charge in [-0.2, -0.15) is 5.10 Å². The number of H-pyrrole nitrogens is 1. The first-order valence-electron chi connectivity index (χ1n) is 2.27. The minimum absolute atomic E-state index is 0.